The second-order valence-electron chi connectivity index (χ2n) is 3.55. The Balaban J connectivity index is 3.80. The number of rotatable bonds is 7. The molecule has 0 aromatic heterocycles. The molecule has 16 heavy (non-hydrogen) atoms. The van der Waals surface area contributed by atoms with Crippen LogP contribution in [0.25, 0.3) is 0 Å². The van der Waals surface area contributed by atoms with Gasteiger partial charge >= 0.3 is 0 Å². The van der Waals surface area contributed by atoms with Crippen molar-refractivity contribution in [2.45, 2.75) is 26.3 Å². The van der Waals surface area contributed by atoms with Gasteiger partial charge in [-0.25, -0.2) is 4.99 Å². The number of carbonyl (C=O) groups is 1. The molecule has 0 aliphatic rings. The van der Waals surface area contributed by atoms with Gasteiger partial charge in [0.25, 0.3) is 0 Å². The van der Waals surface area contributed by atoms with E-state index in [0.717, 1.165) is 6.42 Å². The lowest BCUT2D eigenvalue weighted by molar-refractivity contribution is -0.119. The van der Waals surface area contributed by atoms with Gasteiger partial charge in [-0.2, -0.15) is 0 Å². The van der Waals surface area contributed by atoms with Gasteiger partial charge in [0.15, 0.2) is 5.96 Å². The molecule has 0 bridgehead atoms. The summed E-state index contributed by atoms with van der Waals surface area (Å²) in [5, 5.41) is 5.63. The van der Waals surface area contributed by atoms with Crippen molar-refractivity contribution < 1.29 is 9.53 Å². The fourth-order valence-corrected chi connectivity index (χ4v) is 1.07. The second kappa shape index (κ2) is 8.96. The van der Waals surface area contributed by atoms with Gasteiger partial charge in [-0.1, -0.05) is 6.92 Å². The van der Waals surface area contributed by atoms with Gasteiger partial charge in [0.1, 0.15) is 6.54 Å². The summed E-state index contributed by atoms with van der Waals surface area (Å²) in [5.74, 6) is 0.141. The molecular formula is C10H22N4O2. The van der Waals surface area contributed by atoms with E-state index in [1.807, 2.05) is 13.8 Å². The zero-order valence-corrected chi connectivity index (χ0v) is 10.2. The normalized spacial score (nSPS) is 13.3. The number of ether oxygens (including phenoxy) is 1. The number of nitrogens with one attached hydrogen (secondary N) is 2. The van der Waals surface area contributed by atoms with E-state index < -0.39 is 0 Å². The van der Waals surface area contributed by atoms with Crippen molar-refractivity contribution in [1.29, 1.82) is 0 Å². The molecule has 0 fully saturated rings. The number of methoxy groups -OCH3 is 1. The standard InChI is InChI=1S/C10H22N4O2/c1-4-5-12-9(15)6-13-10(11)14-8(2)7-16-3/h8H,4-7H2,1-3H3,(H,12,15)(H3,11,13,14). The highest BCUT2D eigenvalue weighted by Crippen LogP contribution is 1.82. The monoisotopic (exact) mass is 230 g/mol. The molecule has 0 aliphatic heterocycles. The molecule has 1 unspecified atom stereocenters. The molecule has 1 amide bonds. The maximum Gasteiger partial charge on any atom is 0.241 e. The van der Waals surface area contributed by atoms with Crippen molar-refractivity contribution in [3.8, 4) is 0 Å². The Morgan fingerprint density at radius 2 is 2.25 bits per heavy atom. The van der Waals surface area contributed by atoms with E-state index in [0.29, 0.717) is 13.2 Å². The van der Waals surface area contributed by atoms with Crippen LogP contribution in [0.5, 0.6) is 0 Å². The lowest BCUT2D eigenvalue weighted by Gasteiger charge is -2.12. The summed E-state index contributed by atoms with van der Waals surface area (Å²) < 4.78 is 4.93. The molecule has 0 rings (SSSR count). The number of aliphatic imine (C=N–C) groups is 1. The highest BCUT2D eigenvalue weighted by atomic mass is 16.5. The van der Waals surface area contributed by atoms with Gasteiger partial charge in [0.05, 0.1) is 6.61 Å². The minimum Gasteiger partial charge on any atom is -0.383 e. The van der Waals surface area contributed by atoms with Crippen LogP contribution in [-0.2, 0) is 9.53 Å². The topological polar surface area (TPSA) is 88.7 Å². The third kappa shape index (κ3) is 8.05. The number of hydrogen-bond acceptors (Lipinski definition) is 3. The third-order valence-electron chi connectivity index (χ3n) is 1.78. The largest absolute Gasteiger partial charge is 0.383 e. The zero-order valence-electron chi connectivity index (χ0n) is 10.2. The number of nitrogens with zero attached hydrogens (tertiary/aromatic N) is 1. The molecule has 4 N–H and O–H groups in total. The minimum atomic E-state index is -0.119. The van der Waals surface area contributed by atoms with Gasteiger partial charge in [-0.3, -0.25) is 4.79 Å². The van der Waals surface area contributed by atoms with E-state index in [-0.39, 0.29) is 24.5 Å². The van der Waals surface area contributed by atoms with Crippen LogP contribution in [-0.4, -0.2) is 44.7 Å². The average molecular weight is 230 g/mol. The van der Waals surface area contributed by atoms with Gasteiger partial charge in [-0.05, 0) is 13.3 Å². The van der Waals surface area contributed by atoms with Crippen LogP contribution < -0.4 is 16.4 Å². The molecule has 6 nitrogen and oxygen atoms in total. The number of guanidine groups is 1. The minimum absolute atomic E-state index is 0.0541. The van der Waals surface area contributed by atoms with Crippen LogP contribution in [0.4, 0.5) is 0 Å². The molecule has 0 aromatic rings. The Bertz CT molecular complexity index is 231. The number of nitrogens with two attached hydrogens (primary N) is 1. The molecule has 1 atom stereocenters. The number of hydrogen-bond donors (Lipinski definition) is 3. The van der Waals surface area contributed by atoms with Gasteiger partial charge < -0.3 is 21.1 Å². The summed E-state index contributed by atoms with van der Waals surface area (Å²) in [7, 11) is 1.61. The van der Waals surface area contributed by atoms with Gasteiger partial charge in [0, 0.05) is 19.7 Å². The first-order valence-electron chi connectivity index (χ1n) is 5.42. The summed E-state index contributed by atoms with van der Waals surface area (Å²) in [6.07, 6.45) is 0.911. The summed E-state index contributed by atoms with van der Waals surface area (Å²) in [4.78, 5) is 15.1. The van der Waals surface area contributed by atoms with Gasteiger partial charge in [0.2, 0.25) is 5.91 Å². The smallest absolute Gasteiger partial charge is 0.241 e. The Labute approximate surface area is 96.6 Å². The first kappa shape index (κ1) is 14.7. The van der Waals surface area contributed by atoms with Crippen molar-refractivity contribution in [2.24, 2.45) is 10.7 Å². The Morgan fingerprint density at radius 3 is 2.81 bits per heavy atom. The Hall–Kier alpha value is -1.30. The summed E-state index contributed by atoms with van der Waals surface area (Å²) in [5.41, 5.74) is 5.59. The molecule has 0 heterocycles. The number of amides is 1. The summed E-state index contributed by atoms with van der Waals surface area (Å²) in [6.45, 7) is 5.17. The van der Waals surface area contributed by atoms with Crippen molar-refractivity contribution in [1.82, 2.24) is 10.6 Å². The predicted molar refractivity (Wildman–Crippen MR) is 64.3 cm³/mol. The zero-order chi connectivity index (χ0) is 12.4. The van der Waals surface area contributed by atoms with E-state index in [9.17, 15) is 4.79 Å². The van der Waals surface area contributed by atoms with Crippen LogP contribution >= 0.6 is 0 Å². The quantitative estimate of drug-likeness (QED) is 0.404. The maximum atomic E-state index is 11.2. The van der Waals surface area contributed by atoms with E-state index >= 15 is 0 Å². The lowest BCUT2D eigenvalue weighted by atomic mass is 10.4. The highest BCUT2D eigenvalue weighted by molar-refractivity contribution is 5.84. The molecule has 0 aliphatic carbocycles. The van der Waals surface area contributed by atoms with Crippen molar-refractivity contribution in [2.75, 3.05) is 26.8 Å². The molecule has 0 saturated carbocycles. The Morgan fingerprint density at radius 1 is 1.56 bits per heavy atom. The Kier molecular flexibility index (Phi) is 8.24. The van der Waals surface area contributed by atoms with E-state index in [1.54, 1.807) is 7.11 Å². The van der Waals surface area contributed by atoms with Crippen molar-refractivity contribution in [3.05, 3.63) is 0 Å². The van der Waals surface area contributed by atoms with E-state index in [4.69, 9.17) is 10.5 Å². The van der Waals surface area contributed by atoms with Crippen LogP contribution in [0.15, 0.2) is 4.99 Å². The summed E-state index contributed by atoms with van der Waals surface area (Å²) >= 11 is 0. The SMILES string of the molecule is CCCNC(=O)CN=C(N)NC(C)COC. The lowest BCUT2D eigenvalue weighted by Crippen LogP contribution is -2.41. The van der Waals surface area contributed by atoms with Gasteiger partial charge in [-0.15, -0.1) is 0 Å². The fraction of sp³-hybridized carbons (Fsp3) is 0.800. The second-order valence-corrected chi connectivity index (χ2v) is 3.55. The van der Waals surface area contributed by atoms with Crippen LogP contribution in [0.2, 0.25) is 0 Å². The fourth-order valence-electron chi connectivity index (χ4n) is 1.07. The molecule has 0 radical (unpaired) electrons. The van der Waals surface area contributed by atoms with Crippen LogP contribution in [0.1, 0.15) is 20.3 Å². The predicted octanol–water partition coefficient (Wildman–Crippen LogP) is -0.548. The molecular weight excluding hydrogens is 208 g/mol. The van der Waals surface area contributed by atoms with Crippen LogP contribution in [0, 0.1) is 0 Å². The molecule has 6 heteroatoms. The highest BCUT2D eigenvalue weighted by Gasteiger charge is 2.02. The van der Waals surface area contributed by atoms with E-state index in [1.165, 1.54) is 0 Å². The maximum absolute atomic E-state index is 11.2. The third-order valence-corrected chi connectivity index (χ3v) is 1.78. The molecule has 0 spiro atoms. The van der Waals surface area contributed by atoms with Crippen LogP contribution in [0.3, 0.4) is 0 Å². The van der Waals surface area contributed by atoms with Crippen molar-refractivity contribution >= 4 is 11.9 Å². The first-order valence-corrected chi connectivity index (χ1v) is 5.42. The summed E-state index contributed by atoms with van der Waals surface area (Å²) in [6, 6.07) is 0.0763. The molecule has 0 aromatic carbocycles. The average Bonchev–Trinajstić information content (AvgIpc) is 2.23. The first-order chi connectivity index (χ1) is 7.60. The van der Waals surface area contributed by atoms with Crippen molar-refractivity contribution in [3.63, 3.8) is 0 Å². The number of carbonyl (C=O) groups excluding carboxylic acids is 1. The van der Waals surface area contributed by atoms with E-state index in [2.05, 4.69) is 15.6 Å². The molecule has 94 valence electrons. The molecule has 0 saturated heterocycles.